The number of fused-ring (bicyclic) bond motifs is 2. The number of unbranched alkanes of at least 4 members (excludes halogenated alkanes) is 2. The third-order valence-corrected chi connectivity index (χ3v) is 5.92. The van der Waals surface area contributed by atoms with Gasteiger partial charge in [-0.05, 0) is 46.6 Å². The van der Waals surface area contributed by atoms with Gasteiger partial charge >= 0.3 is 0 Å². The summed E-state index contributed by atoms with van der Waals surface area (Å²) < 4.78 is 9.40. The average Bonchev–Trinajstić information content (AvgIpc) is 3.40. The van der Waals surface area contributed by atoms with E-state index in [0.29, 0.717) is 53.7 Å². The minimum atomic E-state index is -0.198. The normalized spacial score (nSPS) is 12.7. The van der Waals surface area contributed by atoms with E-state index < -0.39 is 0 Å². The van der Waals surface area contributed by atoms with Gasteiger partial charge in [-0.2, -0.15) is 0 Å². The Morgan fingerprint density at radius 1 is 1.22 bits per heavy atom. The lowest BCUT2D eigenvalue weighted by Crippen LogP contribution is -2.28. The second-order valence-corrected chi connectivity index (χ2v) is 8.53. The molecule has 32 heavy (non-hydrogen) atoms. The standard InChI is InChI=1S/C22H25BrN6O3/c1-3-4-5-12-28-19-16(13-17(23)25-19)21(31)29-18(26-27-22(28)29)10-11-24-20(30)14-6-8-15(32-2)9-7-14/h6-9H,3-5,10-13H2,1-2H3,(H,24,30). The SMILES string of the molecule is CCCCCn1c2c(c(=O)n3c(CCNC(=O)c4ccc(OC)cc4)nnc13)CC(Br)=N2. The van der Waals surface area contributed by atoms with Crippen LogP contribution in [0, 0.1) is 0 Å². The molecule has 1 aromatic carbocycles. The third kappa shape index (κ3) is 4.32. The van der Waals surface area contributed by atoms with Crippen LogP contribution in [0.4, 0.5) is 5.82 Å². The van der Waals surface area contributed by atoms with Crippen molar-refractivity contribution in [3.05, 3.63) is 51.6 Å². The average molecular weight is 501 g/mol. The highest BCUT2D eigenvalue weighted by molar-refractivity contribution is 9.18. The van der Waals surface area contributed by atoms with Crippen molar-refractivity contribution in [1.29, 1.82) is 0 Å². The number of amides is 1. The predicted molar refractivity (Wildman–Crippen MR) is 126 cm³/mol. The maximum absolute atomic E-state index is 13.2. The fourth-order valence-electron chi connectivity index (χ4n) is 3.78. The first kappa shape index (κ1) is 22.2. The molecule has 0 aliphatic carbocycles. The smallest absolute Gasteiger partial charge is 0.266 e. The molecule has 0 radical (unpaired) electrons. The number of aryl methyl sites for hydroxylation is 1. The molecule has 3 aromatic rings. The molecular weight excluding hydrogens is 476 g/mol. The molecule has 0 fully saturated rings. The second kappa shape index (κ2) is 9.64. The fourth-order valence-corrected chi connectivity index (χ4v) is 4.23. The van der Waals surface area contributed by atoms with Crippen LogP contribution in [0.5, 0.6) is 5.75 Å². The molecule has 1 N–H and O–H groups in total. The van der Waals surface area contributed by atoms with Crippen LogP contribution in [0.3, 0.4) is 0 Å². The van der Waals surface area contributed by atoms with Crippen LogP contribution in [-0.2, 0) is 19.4 Å². The number of nitrogens with one attached hydrogen (secondary N) is 1. The molecule has 0 saturated carbocycles. The van der Waals surface area contributed by atoms with E-state index in [1.165, 1.54) is 0 Å². The van der Waals surface area contributed by atoms with Crippen molar-refractivity contribution in [2.24, 2.45) is 4.99 Å². The number of hydrogen-bond acceptors (Lipinski definition) is 6. The summed E-state index contributed by atoms with van der Waals surface area (Å²) in [5.41, 5.74) is 1.03. The number of hydrogen-bond donors (Lipinski definition) is 1. The first-order valence-corrected chi connectivity index (χ1v) is 11.5. The minimum Gasteiger partial charge on any atom is -0.497 e. The molecule has 1 aliphatic rings. The summed E-state index contributed by atoms with van der Waals surface area (Å²) in [5.74, 6) is 2.17. The van der Waals surface area contributed by atoms with E-state index in [1.807, 2.05) is 4.57 Å². The van der Waals surface area contributed by atoms with Gasteiger partial charge in [-0.1, -0.05) is 19.8 Å². The molecular formula is C22H25BrN6O3. The maximum atomic E-state index is 13.2. The molecule has 9 nitrogen and oxygen atoms in total. The zero-order valence-corrected chi connectivity index (χ0v) is 19.7. The van der Waals surface area contributed by atoms with Crippen molar-refractivity contribution in [2.75, 3.05) is 13.7 Å². The summed E-state index contributed by atoms with van der Waals surface area (Å²) in [6.07, 6.45) is 3.99. The fraction of sp³-hybridized carbons (Fsp3) is 0.409. The monoisotopic (exact) mass is 500 g/mol. The zero-order valence-electron chi connectivity index (χ0n) is 18.1. The molecule has 0 saturated heterocycles. The van der Waals surface area contributed by atoms with Crippen LogP contribution in [0.1, 0.15) is 47.9 Å². The van der Waals surface area contributed by atoms with E-state index in [2.05, 4.69) is 43.4 Å². The minimum absolute atomic E-state index is 0.151. The van der Waals surface area contributed by atoms with Crippen LogP contribution in [0.15, 0.2) is 34.1 Å². The quantitative estimate of drug-likeness (QED) is 0.454. The van der Waals surface area contributed by atoms with Gasteiger partial charge in [0.2, 0.25) is 5.78 Å². The van der Waals surface area contributed by atoms with E-state index in [9.17, 15) is 9.59 Å². The Morgan fingerprint density at radius 3 is 2.72 bits per heavy atom. The molecule has 168 valence electrons. The van der Waals surface area contributed by atoms with E-state index in [4.69, 9.17) is 4.74 Å². The number of benzene rings is 1. The predicted octanol–water partition coefficient (Wildman–Crippen LogP) is 3.04. The summed E-state index contributed by atoms with van der Waals surface area (Å²) in [4.78, 5) is 30.1. The van der Waals surface area contributed by atoms with Gasteiger partial charge in [-0.3, -0.25) is 14.2 Å². The van der Waals surface area contributed by atoms with Gasteiger partial charge in [0.05, 0.1) is 17.3 Å². The van der Waals surface area contributed by atoms with Gasteiger partial charge in [-0.15, -0.1) is 10.2 Å². The second-order valence-electron chi connectivity index (χ2n) is 7.62. The van der Waals surface area contributed by atoms with Crippen LogP contribution in [0.25, 0.3) is 5.78 Å². The number of methoxy groups -OCH3 is 1. The van der Waals surface area contributed by atoms with Crippen LogP contribution < -0.4 is 15.6 Å². The highest BCUT2D eigenvalue weighted by atomic mass is 79.9. The Bertz CT molecular complexity index is 1230. The Kier molecular flexibility index (Phi) is 6.69. The number of carbonyl (C=O) groups excluding carboxylic acids is 1. The summed E-state index contributed by atoms with van der Waals surface area (Å²) >= 11 is 3.43. The van der Waals surface area contributed by atoms with E-state index >= 15 is 0 Å². The van der Waals surface area contributed by atoms with Gasteiger partial charge in [0.1, 0.15) is 17.4 Å². The lowest BCUT2D eigenvalue weighted by Gasteiger charge is -2.12. The summed E-state index contributed by atoms with van der Waals surface area (Å²) in [5, 5.41) is 11.4. The lowest BCUT2D eigenvalue weighted by atomic mass is 10.2. The van der Waals surface area contributed by atoms with Crippen LogP contribution >= 0.6 is 15.9 Å². The number of aromatic nitrogens is 4. The van der Waals surface area contributed by atoms with E-state index in [-0.39, 0.29) is 11.5 Å². The van der Waals surface area contributed by atoms with E-state index in [1.54, 1.807) is 35.8 Å². The van der Waals surface area contributed by atoms with Crippen LogP contribution in [0.2, 0.25) is 0 Å². The van der Waals surface area contributed by atoms with Crippen molar-refractivity contribution < 1.29 is 9.53 Å². The zero-order chi connectivity index (χ0) is 22.7. The molecule has 0 bridgehead atoms. The van der Waals surface area contributed by atoms with Crippen molar-refractivity contribution in [2.45, 2.75) is 45.6 Å². The van der Waals surface area contributed by atoms with Gasteiger partial charge in [0.25, 0.3) is 11.5 Å². The van der Waals surface area contributed by atoms with Crippen molar-refractivity contribution in [1.82, 2.24) is 24.5 Å². The summed E-state index contributed by atoms with van der Waals surface area (Å²) in [6, 6.07) is 6.89. The Morgan fingerprint density at radius 2 is 2.00 bits per heavy atom. The number of halogens is 1. The molecule has 0 unspecified atom stereocenters. The highest BCUT2D eigenvalue weighted by Crippen LogP contribution is 2.28. The van der Waals surface area contributed by atoms with Gasteiger partial charge in [-0.25, -0.2) is 9.39 Å². The number of carbonyl (C=O) groups is 1. The van der Waals surface area contributed by atoms with Crippen molar-refractivity contribution in [3.63, 3.8) is 0 Å². The van der Waals surface area contributed by atoms with Crippen molar-refractivity contribution in [3.8, 4) is 5.75 Å². The maximum Gasteiger partial charge on any atom is 0.266 e. The van der Waals surface area contributed by atoms with Crippen LogP contribution in [-0.4, -0.2) is 43.3 Å². The molecule has 0 atom stereocenters. The molecule has 0 spiro atoms. The van der Waals surface area contributed by atoms with Crippen molar-refractivity contribution >= 4 is 38.1 Å². The summed E-state index contributed by atoms with van der Waals surface area (Å²) in [6.45, 7) is 3.20. The Hall–Kier alpha value is -3.01. The molecule has 2 aromatic heterocycles. The molecule has 1 aliphatic heterocycles. The number of nitrogens with zero attached hydrogens (tertiary/aromatic N) is 5. The highest BCUT2D eigenvalue weighted by Gasteiger charge is 2.25. The van der Waals surface area contributed by atoms with Gasteiger partial charge in [0.15, 0.2) is 0 Å². The third-order valence-electron chi connectivity index (χ3n) is 5.46. The van der Waals surface area contributed by atoms with Gasteiger partial charge < -0.3 is 10.1 Å². The van der Waals surface area contributed by atoms with Gasteiger partial charge in [0, 0.05) is 31.5 Å². The lowest BCUT2D eigenvalue weighted by molar-refractivity contribution is 0.0954. The first-order valence-electron chi connectivity index (χ1n) is 10.7. The molecule has 10 heteroatoms. The number of rotatable bonds is 9. The van der Waals surface area contributed by atoms with E-state index in [0.717, 1.165) is 30.4 Å². The summed E-state index contributed by atoms with van der Waals surface area (Å²) in [7, 11) is 1.58. The topological polar surface area (TPSA) is 103 Å². The Labute approximate surface area is 193 Å². The largest absolute Gasteiger partial charge is 0.497 e. The molecule has 4 rings (SSSR count). The molecule has 3 heterocycles. The number of ether oxygens (including phenoxy) is 1. The first-order chi connectivity index (χ1) is 15.5. The molecule has 1 amide bonds. The number of aliphatic imine (C=N–C) groups is 1. The Balaban J connectivity index is 1.55.